The Balaban J connectivity index is 2.76. The predicted molar refractivity (Wildman–Crippen MR) is 79.6 cm³/mol. The molecule has 1 rings (SSSR count). The third-order valence-electron chi connectivity index (χ3n) is 4.50. The first kappa shape index (κ1) is 17.0. The molecule has 1 saturated heterocycles. The van der Waals surface area contributed by atoms with E-state index in [1.807, 2.05) is 13.8 Å². The Labute approximate surface area is 125 Å². The van der Waals surface area contributed by atoms with E-state index in [2.05, 4.69) is 0 Å². The van der Waals surface area contributed by atoms with Crippen LogP contribution < -0.4 is 0 Å². The van der Waals surface area contributed by atoms with Crippen molar-refractivity contribution < 1.29 is 24.3 Å². The van der Waals surface area contributed by atoms with Crippen molar-refractivity contribution in [1.82, 2.24) is 0 Å². The Bertz CT molecular complexity index is 412. The quantitative estimate of drug-likeness (QED) is 0.603. The lowest BCUT2D eigenvalue weighted by Gasteiger charge is -2.34. The maximum absolute atomic E-state index is 11.7. The fourth-order valence-corrected chi connectivity index (χ4v) is 3.39. The van der Waals surface area contributed by atoms with Crippen LogP contribution in [0.4, 0.5) is 4.79 Å². The van der Waals surface area contributed by atoms with E-state index >= 15 is 0 Å². The van der Waals surface area contributed by atoms with Crippen LogP contribution in [0, 0.1) is 11.8 Å². The molecular weight excluding hydrogens is 278 g/mol. The summed E-state index contributed by atoms with van der Waals surface area (Å²) >= 11 is 5.46. The first-order valence-corrected chi connectivity index (χ1v) is 7.52. The van der Waals surface area contributed by atoms with Crippen molar-refractivity contribution in [3.05, 3.63) is 0 Å². The summed E-state index contributed by atoms with van der Waals surface area (Å²) in [5.41, 5.74) is 0. The third kappa shape index (κ3) is 3.17. The molecule has 0 aromatic heterocycles. The molecule has 3 unspecified atom stereocenters. The maximum atomic E-state index is 11.7. The smallest absolute Gasteiger partial charge is 0.481 e. The minimum Gasteiger partial charge on any atom is -0.481 e. The second kappa shape index (κ2) is 6.63. The highest BCUT2D eigenvalue weighted by Crippen LogP contribution is 2.32. The standard InChI is InChI=1S/C14H23NO4S/c1-9(6-7-10(2)13(16)17)12(20)15(14(18)19)8-4-5-11(15)3/h9-11H,4-8H2,1-3H3,(H-,16,17,18,19)/p+1/t9?,10?,11-,15?/m1/s1. The van der Waals surface area contributed by atoms with Crippen LogP contribution in [0.3, 0.4) is 0 Å². The van der Waals surface area contributed by atoms with Crippen LogP contribution in [0.2, 0.25) is 0 Å². The lowest BCUT2D eigenvalue weighted by molar-refractivity contribution is -0.777. The highest BCUT2D eigenvalue weighted by Gasteiger charge is 2.51. The first-order chi connectivity index (χ1) is 9.23. The molecule has 0 aliphatic carbocycles. The van der Waals surface area contributed by atoms with E-state index in [4.69, 9.17) is 17.3 Å². The number of carboxylic acids is 1. The van der Waals surface area contributed by atoms with Crippen LogP contribution in [0.5, 0.6) is 0 Å². The van der Waals surface area contributed by atoms with Crippen molar-refractivity contribution >= 4 is 29.3 Å². The minimum atomic E-state index is -0.877. The summed E-state index contributed by atoms with van der Waals surface area (Å²) in [5, 5.41) is 18.5. The summed E-state index contributed by atoms with van der Waals surface area (Å²) in [4.78, 5) is 23.1. The number of nitrogens with zero attached hydrogens (tertiary/aromatic N) is 1. The second-order valence-corrected chi connectivity index (χ2v) is 6.34. The molecule has 0 aromatic carbocycles. The number of rotatable bonds is 5. The number of hydrogen-bond donors (Lipinski definition) is 2. The molecule has 1 heterocycles. The van der Waals surface area contributed by atoms with Gasteiger partial charge < -0.3 is 10.2 Å². The van der Waals surface area contributed by atoms with Crippen molar-refractivity contribution in [2.24, 2.45) is 11.8 Å². The van der Waals surface area contributed by atoms with Gasteiger partial charge in [0, 0.05) is 18.8 Å². The number of hydrogen-bond acceptors (Lipinski definition) is 3. The van der Waals surface area contributed by atoms with Gasteiger partial charge >= 0.3 is 12.1 Å². The van der Waals surface area contributed by atoms with E-state index in [0.717, 1.165) is 12.8 Å². The molecule has 1 amide bonds. The van der Waals surface area contributed by atoms with Crippen LogP contribution in [0.1, 0.15) is 46.5 Å². The average Bonchev–Trinajstić information content (AvgIpc) is 2.77. The largest absolute Gasteiger partial charge is 0.519 e. The van der Waals surface area contributed by atoms with Crippen molar-refractivity contribution in [2.75, 3.05) is 6.54 Å². The van der Waals surface area contributed by atoms with E-state index in [-0.39, 0.29) is 16.4 Å². The molecule has 4 atom stereocenters. The fraction of sp³-hybridized carbons (Fsp3) is 0.786. The fourth-order valence-electron chi connectivity index (χ4n) is 2.92. The third-order valence-corrected chi connectivity index (χ3v) is 5.22. The summed E-state index contributed by atoms with van der Waals surface area (Å²) in [6.07, 6.45) is 1.99. The lowest BCUT2D eigenvalue weighted by atomic mass is 9.96. The summed E-state index contributed by atoms with van der Waals surface area (Å²) in [5.74, 6) is -1.31. The van der Waals surface area contributed by atoms with E-state index < -0.39 is 18.0 Å². The lowest BCUT2D eigenvalue weighted by Crippen LogP contribution is -2.59. The van der Waals surface area contributed by atoms with Crippen LogP contribution in [-0.2, 0) is 4.79 Å². The highest BCUT2D eigenvalue weighted by atomic mass is 32.1. The van der Waals surface area contributed by atoms with Gasteiger partial charge in [0.15, 0.2) is 4.99 Å². The number of aliphatic carboxylic acids is 1. The molecule has 2 N–H and O–H groups in total. The van der Waals surface area contributed by atoms with Gasteiger partial charge in [0.05, 0.1) is 12.5 Å². The number of thiocarbonyl (C=S) groups is 1. The van der Waals surface area contributed by atoms with Gasteiger partial charge in [-0.05, 0) is 32.0 Å². The monoisotopic (exact) mass is 302 g/mol. The van der Waals surface area contributed by atoms with Crippen LogP contribution >= 0.6 is 12.2 Å². The Kier molecular flexibility index (Phi) is 5.65. The molecule has 0 aromatic rings. The molecule has 1 aliphatic heterocycles. The molecule has 20 heavy (non-hydrogen) atoms. The molecule has 0 spiro atoms. The van der Waals surface area contributed by atoms with Gasteiger partial charge in [0.1, 0.15) is 6.04 Å². The molecule has 6 heteroatoms. The van der Waals surface area contributed by atoms with Crippen molar-refractivity contribution in [3.8, 4) is 0 Å². The zero-order valence-corrected chi connectivity index (χ0v) is 13.2. The van der Waals surface area contributed by atoms with Crippen LogP contribution in [0.15, 0.2) is 0 Å². The topological polar surface area (TPSA) is 74.6 Å². The number of likely N-dealkylation sites (tertiary alicyclic amines) is 1. The van der Waals surface area contributed by atoms with E-state index in [0.29, 0.717) is 24.4 Å². The number of carboxylic acid groups (broad SMARTS) is 2. The molecule has 5 nitrogen and oxygen atoms in total. The van der Waals surface area contributed by atoms with Gasteiger partial charge in [-0.25, -0.2) is 0 Å². The molecular formula is C14H24NO4S+. The summed E-state index contributed by atoms with van der Waals surface area (Å²) < 4.78 is -0.127. The minimum absolute atomic E-state index is 0.000604. The Hall–Kier alpha value is -1.01. The van der Waals surface area contributed by atoms with Gasteiger partial charge in [-0.1, -0.05) is 13.8 Å². The van der Waals surface area contributed by atoms with Crippen molar-refractivity contribution in [1.29, 1.82) is 0 Å². The van der Waals surface area contributed by atoms with Gasteiger partial charge in [0.25, 0.3) is 0 Å². The number of carbonyl (C=O) groups is 2. The maximum Gasteiger partial charge on any atom is 0.519 e. The highest BCUT2D eigenvalue weighted by molar-refractivity contribution is 7.80. The van der Waals surface area contributed by atoms with E-state index in [1.54, 1.807) is 6.92 Å². The zero-order valence-electron chi connectivity index (χ0n) is 12.3. The molecule has 1 aliphatic rings. The summed E-state index contributed by atoms with van der Waals surface area (Å²) in [7, 11) is 0. The predicted octanol–water partition coefficient (Wildman–Crippen LogP) is 3.13. The van der Waals surface area contributed by atoms with Crippen molar-refractivity contribution in [2.45, 2.75) is 52.5 Å². The van der Waals surface area contributed by atoms with Gasteiger partial charge in [-0.2, -0.15) is 9.28 Å². The normalized spacial score (nSPS) is 28.9. The SMILES string of the molecule is CC(CCC(C)C(=S)[N+]1(C(=O)O)CCC[C@H]1C)C(=O)O. The summed E-state index contributed by atoms with van der Waals surface area (Å²) in [6, 6.07) is -0.000604. The van der Waals surface area contributed by atoms with Crippen LogP contribution in [0.25, 0.3) is 0 Å². The van der Waals surface area contributed by atoms with Crippen molar-refractivity contribution in [3.63, 3.8) is 0 Å². The molecule has 0 radical (unpaired) electrons. The Morgan fingerprint density at radius 1 is 1.25 bits per heavy atom. The molecule has 0 bridgehead atoms. The Morgan fingerprint density at radius 2 is 1.80 bits per heavy atom. The first-order valence-electron chi connectivity index (χ1n) is 7.12. The zero-order chi connectivity index (χ0) is 15.5. The van der Waals surface area contributed by atoms with E-state index in [9.17, 15) is 14.7 Å². The van der Waals surface area contributed by atoms with E-state index in [1.165, 1.54) is 0 Å². The average molecular weight is 302 g/mol. The number of amides is 1. The molecule has 1 fully saturated rings. The van der Waals surface area contributed by atoms with Crippen LogP contribution in [-0.4, -0.2) is 44.3 Å². The van der Waals surface area contributed by atoms with Gasteiger partial charge in [-0.15, -0.1) is 0 Å². The molecule has 0 saturated carbocycles. The Morgan fingerprint density at radius 3 is 2.20 bits per heavy atom. The second-order valence-electron chi connectivity index (χ2n) is 5.92. The van der Waals surface area contributed by atoms with Gasteiger partial charge in [-0.3, -0.25) is 4.79 Å². The summed E-state index contributed by atoms with van der Waals surface area (Å²) in [6.45, 7) is 6.05. The van der Waals surface area contributed by atoms with Gasteiger partial charge in [0.2, 0.25) is 0 Å². The molecule has 114 valence electrons. The number of quaternary nitrogens is 1.